The van der Waals surface area contributed by atoms with E-state index in [0.717, 1.165) is 12.1 Å². The first-order chi connectivity index (χ1) is 14.5. The van der Waals surface area contributed by atoms with Crippen LogP contribution in [0.25, 0.3) is 0 Å². The highest BCUT2D eigenvalue weighted by Gasteiger charge is 2.23. The Morgan fingerprint density at radius 1 is 0.871 bits per heavy atom. The topological polar surface area (TPSA) is 177 Å². The van der Waals surface area contributed by atoms with Crippen LogP contribution < -0.4 is 20.1 Å². The molecule has 0 aromatic carbocycles. The van der Waals surface area contributed by atoms with E-state index in [1.807, 2.05) is 6.92 Å². The van der Waals surface area contributed by atoms with Crippen LogP contribution in [-0.4, -0.2) is 55.3 Å². The Balaban J connectivity index is 2.02. The first-order valence-electron chi connectivity index (χ1n) is 9.20. The third kappa shape index (κ3) is 6.16. The minimum atomic E-state index is -3.82. The average molecular weight is 477 g/mol. The standard InChI is InChI=1S/C17H24N4O8S2/c1-4-5-11(21-17(23)13-7-9-15(29-13)31(26,27)19-3)10-20-16(22)12-6-8-14(28-12)30(24,25)18-2/h6-9,11,18-19H,4-5,10H2,1-3H3,(H,20,22)(H,21,23)/t11-/m0/s1. The van der Waals surface area contributed by atoms with Gasteiger partial charge in [0.25, 0.3) is 31.9 Å². The van der Waals surface area contributed by atoms with Gasteiger partial charge in [0.05, 0.1) is 0 Å². The molecule has 0 fully saturated rings. The summed E-state index contributed by atoms with van der Waals surface area (Å²) < 4.78 is 61.1. The van der Waals surface area contributed by atoms with Gasteiger partial charge in [-0.1, -0.05) is 13.3 Å². The van der Waals surface area contributed by atoms with Crippen LogP contribution in [0, 0.1) is 0 Å². The number of furan rings is 2. The smallest absolute Gasteiger partial charge is 0.287 e. The fourth-order valence-corrected chi connectivity index (χ4v) is 3.80. The molecule has 0 unspecified atom stereocenters. The summed E-state index contributed by atoms with van der Waals surface area (Å²) in [4.78, 5) is 24.7. The summed E-state index contributed by atoms with van der Waals surface area (Å²) in [5.41, 5.74) is 0. The molecule has 0 radical (unpaired) electrons. The number of hydrogen-bond donors (Lipinski definition) is 4. The molecule has 0 aliphatic rings. The van der Waals surface area contributed by atoms with E-state index >= 15 is 0 Å². The van der Waals surface area contributed by atoms with Gasteiger partial charge in [-0.3, -0.25) is 9.59 Å². The van der Waals surface area contributed by atoms with E-state index in [1.54, 1.807) is 0 Å². The molecule has 0 saturated heterocycles. The number of rotatable bonds is 11. The van der Waals surface area contributed by atoms with Crippen molar-refractivity contribution >= 4 is 31.9 Å². The first-order valence-corrected chi connectivity index (χ1v) is 12.2. The molecule has 2 amide bonds. The summed E-state index contributed by atoms with van der Waals surface area (Å²) in [7, 11) is -5.21. The second-order valence-electron chi connectivity index (χ2n) is 6.32. The van der Waals surface area contributed by atoms with E-state index < -0.39 is 48.1 Å². The SMILES string of the molecule is CCC[C@@H](CNC(=O)c1ccc(S(=O)(=O)NC)o1)NC(=O)c1ccc(S(=O)(=O)NC)o1. The van der Waals surface area contributed by atoms with Gasteiger partial charge in [0, 0.05) is 12.6 Å². The van der Waals surface area contributed by atoms with Gasteiger partial charge >= 0.3 is 0 Å². The van der Waals surface area contributed by atoms with Crippen molar-refractivity contribution in [1.82, 2.24) is 20.1 Å². The first kappa shape index (κ1) is 24.6. The highest BCUT2D eigenvalue weighted by Crippen LogP contribution is 2.15. The molecule has 31 heavy (non-hydrogen) atoms. The Labute approximate surface area is 179 Å². The Morgan fingerprint density at radius 3 is 1.81 bits per heavy atom. The second-order valence-corrected chi connectivity index (χ2v) is 9.96. The predicted molar refractivity (Wildman–Crippen MR) is 108 cm³/mol. The largest absolute Gasteiger partial charge is 0.438 e. The zero-order chi connectivity index (χ0) is 23.2. The molecular formula is C17H24N4O8S2. The lowest BCUT2D eigenvalue weighted by atomic mass is 10.1. The van der Waals surface area contributed by atoms with Crippen molar-refractivity contribution in [3.8, 4) is 0 Å². The maximum atomic E-state index is 12.4. The van der Waals surface area contributed by atoms with Gasteiger partial charge in [-0.2, -0.15) is 0 Å². The van der Waals surface area contributed by atoms with Gasteiger partial charge in [0.1, 0.15) is 0 Å². The summed E-state index contributed by atoms with van der Waals surface area (Å²) >= 11 is 0. The van der Waals surface area contributed by atoms with Crippen LogP contribution in [0.15, 0.2) is 43.3 Å². The van der Waals surface area contributed by atoms with Crippen LogP contribution in [-0.2, 0) is 20.0 Å². The number of nitrogens with one attached hydrogen (secondary N) is 4. The second kappa shape index (κ2) is 10.1. The number of hydrogen-bond acceptors (Lipinski definition) is 8. The van der Waals surface area contributed by atoms with Gasteiger partial charge in [-0.15, -0.1) is 0 Å². The molecular weight excluding hydrogens is 452 g/mol. The average Bonchev–Trinajstić information content (AvgIpc) is 3.42. The van der Waals surface area contributed by atoms with Crippen LogP contribution >= 0.6 is 0 Å². The summed E-state index contributed by atoms with van der Waals surface area (Å²) in [6, 6.07) is 4.27. The zero-order valence-electron chi connectivity index (χ0n) is 17.1. The molecule has 0 bridgehead atoms. The monoisotopic (exact) mass is 476 g/mol. The van der Waals surface area contributed by atoms with E-state index in [-0.39, 0.29) is 18.1 Å². The molecule has 0 aliphatic heterocycles. The van der Waals surface area contributed by atoms with E-state index in [9.17, 15) is 26.4 Å². The van der Waals surface area contributed by atoms with Crippen molar-refractivity contribution in [3.05, 3.63) is 35.8 Å². The van der Waals surface area contributed by atoms with Gasteiger partial charge in [-0.25, -0.2) is 26.3 Å². The maximum absolute atomic E-state index is 12.4. The molecule has 2 heterocycles. The molecule has 1 atom stereocenters. The van der Waals surface area contributed by atoms with Gasteiger partial charge < -0.3 is 19.5 Å². The van der Waals surface area contributed by atoms with E-state index in [2.05, 4.69) is 20.1 Å². The lowest BCUT2D eigenvalue weighted by molar-refractivity contribution is 0.0873. The lowest BCUT2D eigenvalue weighted by Crippen LogP contribution is -2.43. The number of sulfonamides is 2. The molecule has 4 N–H and O–H groups in total. The minimum Gasteiger partial charge on any atom is -0.438 e. The number of carbonyl (C=O) groups excluding carboxylic acids is 2. The molecule has 14 heteroatoms. The maximum Gasteiger partial charge on any atom is 0.287 e. The van der Waals surface area contributed by atoms with Crippen LogP contribution in [0.3, 0.4) is 0 Å². The molecule has 12 nitrogen and oxygen atoms in total. The van der Waals surface area contributed by atoms with E-state index in [0.29, 0.717) is 12.8 Å². The normalized spacial score (nSPS) is 13.0. The zero-order valence-corrected chi connectivity index (χ0v) is 18.7. The lowest BCUT2D eigenvalue weighted by Gasteiger charge is -2.17. The van der Waals surface area contributed by atoms with Gasteiger partial charge in [-0.05, 0) is 44.8 Å². The summed E-state index contributed by atoms with van der Waals surface area (Å²) in [5, 5.41) is 4.43. The van der Waals surface area contributed by atoms with E-state index in [4.69, 9.17) is 8.83 Å². The summed E-state index contributed by atoms with van der Waals surface area (Å²) in [6.45, 7) is 1.91. The van der Waals surface area contributed by atoms with Crippen molar-refractivity contribution < 1.29 is 35.3 Å². The Hall–Kier alpha value is -2.68. The van der Waals surface area contributed by atoms with Crippen molar-refractivity contribution in [3.63, 3.8) is 0 Å². The summed E-state index contributed by atoms with van der Waals surface area (Å²) in [6.07, 6.45) is 1.19. The van der Waals surface area contributed by atoms with Crippen LogP contribution in [0.4, 0.5) is 0 Å². The van der Waals surface area contributed by atoms with Crippen molar-refractivity contribution in [2.45, 2.75) is 36.0 Å². The quantitative estimate of drug-likeness (QED) is 0.351. The molecule has 0 saturated carbocycles. The van der Waals surface area contributed by atoms with Crippen molar-refractivity contribution in [2.24, 2.45) is 0 Å². The minimum absolute atomic E-state index is 0.0234. The fourth-order valence-electron chi connectivity index (χ4n) is 2.51. The molecule has 2 aromatic heterocycles. The Bertz CT molecular complexity index is 1130. The van der Waals surface area contributed by atoms with Crippen LogP contribution in [0.5, 0.6) is 0 Å². The number of carbonyl (C=O) groups is 2. The highest BCUT2D eigenvalue weighted by atomic mass is 32.2. The van der Waals surface area contributed by atoms with Gasteiger partial charge in [0.2, 0.25) is 10.2 Å². The Morgan fingerprint density at radius 2 is 1.35 bits per heavy atom. The molecule has 0 aliphatic carbocycles. The van der Waals surface area contributed by atoms with Crippen LogP contribution in [0.1, 0.15) is 40.9 Å². The number of amides is 2. The summed E-state index contributed by atoms with van der Waals surface area (Å²) in [5.74, 6) is -1.71. The third-order valence-electron chi connectivity index (χ3n) is 4.16. The van der Waals surface area contributed by atoms with Gasteiger partial charge in [0.15, 0.2) is 11.5 Å². The Kier molecular flexibility index (Phi) is 8.00. The van der Waals surface area contributed by atoms with E-state index in [1.165, 1.54) is 26.2 Å². The van der Waals surface area contributed by atoms with Crippen molar-refractivity contribution in [1.29, 1.82) is 0 Å². The predicted octanol–water partition coefficient (Wildman–Crippen LogP) is 0.0173. The van der Waals surface area contributed by atoms with Crippen LogP contribution in [0.2, 0.25) is 0 Å². The molecule has 172 valence electrons. The third-order valence-corrected chi connectivity index (χ3v) is 6.73. The molecule has 2 rings (SSSR count). The van der Waals surface area contributed by atoms with Crippen molar-refractivity contribution in [2.75, 3.05) is 20.6 Å². The fraction of sp³-hybridized carbons (Fsp3) is 0.412. The molecule has 0 spiro atoms. The molecule has 2 aromatic rings. The highest BCUT2D eigenvalue weighted by molar-refractivity contribution is 7.89.